The van der Waals surface area contributed by atoms with E-state index in [0.29, 0.717) is 11.3 Å². The number of carbonyl (C=O) groups is 2. The molecule has 0 saturated carbocycles. The van der Waals surface area contributed by atoms with E-state index >= 15 is 0 Å². The molecule has 1 aromatic carbocycles. The van der Waals surface area contributed by atoms with Gasteiger partial charge in [-0.05, 0) is 31.6 Å². The number of anilines is 1. The average Bonchev–Trinajstić information content (AvgIpc) is 2.68. The van der Waals surface area contributed by atoms with E-state index in [2.05, 4.69) is 4.99 Å². The molecule has 1 aliphatic carbocycles. The number of para-hydroxylation sites is 1. The summed E-state index contributed by atoms with van der Waals surface area (Å²) in [6.07, 6.45) is 0.155. The Morgan fingerprint density at radius 3 is 2.55 bits per heavy atom. The smallest absolute Gasteiger partial charge is 0.293 e. The monoisotopic (exact) mass is 288 g/mol. The van der Waals surface area contributed by atoms with Crippen LogP contribution in [-0.2, 0) is 4.79 Å². The summed E-state index contributed by atoms with van der Waals surface area (Å²) in [6.45, 7) is 3.59. The van der Waals surface area contributed by atoms with Crippen molar-refractivity contribution in [2.75, 3.05) is 4.90 Å². The van der Waals surface area contributed by atoms with E-state index in [9.17, 15) is 9.59 Å². The number of carbonyl (C=O) groups excluding carboxylic acids is 2. The summed E-state index contributed by atoms with van der Waals surface area (Å²) in [5.41, 5.74) is 1.17. The van der Waals surface area contributed by atoms with Crippen molar-refractivity contribution in [1.82, 2.24) is 0 Å². The van der Waals surface area contributed by atoms with Gasteiger partial charge in [-0.3, -0.25) is 9.69 Å². The molecule has 0 aromatic heterocycles. The number of hydrogen-bond acceptors (Lipinski definition) is 2. The van der Waals surface area contributed by atoms with Gasteiger partial charge in [0, 0.05) is 12.1 Å². The van der Waals surface area contributed by atoms with Crippen LogP contribution in [-0.4, -0.2) is 23.1 Å². The Balaban J connectivity index is 2.15. The van der Waals surface area contributed by atoms with Gasteiger partial charge in [-0.15, -0.1) is 0 Å². The molecule has 2 amide bonds. The molecule has 0 fully saturated rings. The number of halogens is 1. The van der Waals surface area contributed by atoms with Crippen molar-refractivity contribution in [3.8, 4) is 0 Å². The lowest BCUT2D eigenvalue weighted by Crippen LogP contribution is -2.53. The Morgan fingerprint density at radius 1 is 1.25 bits per heavy atom. The van der Waals surface area contributed by atoms with Gasteiger partial charge < -0.3 is 0 Å². The fourth-order valence-corrected chi connectivity index (χ4v) is 3.07. The summed E-state index contributed by atoms with van der Waals surface area (Å²) in [6, 6.07) is 8.90. The number of urea groups is 1. The van der Waals surface area contributed by atoms with Crippen molar-refractivity contribution in [3.05, 3.63) is 40.9 Å². The fourth-order valence-electron chi connectivity index (χ4n) is 2.91. The van der Waals surface area contributed by atoms with Crippen LogP contribution in [0.2, 0.25) is 0 Å². The molecule has 4 nitrogen and oxygen atoms in total. The number of ketones is 1. The van der Waals surface area contributed by atoms with E-state index in [1.54, 1.807) is 11.8 Å². The minimum Gasteiger partial charge on any atom is -0.293 e. The molecule has 0 radical (unpaired) electrons. The summed E-state index contributed by atoms with van der Waals surface area (Å²) in [5, 5.41) is 0.184. The van der Waals surface area contributed by atoms with Gasteiger partial charge in [0.25, 0.3) is 0 Å². The number of allylic oxidation sites excluding steroid dienone is 1. The first-order valence-corrected chi connectivity index (χ1v) is 6.71. The third kappa shape index (κ3) is 1.64. The Labute approximate surface area is 121 Å². The first-order valence-electron chi connectivity index (χ1n) is 6.33. The molecule has 0 bridgehead atoms. The van der Waals surface area contributed by atoms with Crippen molar-refractivity contribution in [1.29, 1.82) is 0 Å². The minimum absolute atomic E-state index is 0.152. The maximum absolute atomic E-state index is 12.3. The molecule has 1 atom stereocenters. The fraction of sp³-hybridized carbons (Fsp3) is 0.267. The summed E-state index contributed by atoms with van der Waals surface area (Å²) < 4.78 is 0. The van der Waals surface area contributed by atoms with Crippen molar-refractivity contribution >= 4 is 34.8 Å². The predicted octanol–water partition coefficient (Wildman–Crippen LogP) is 3.31. The lowest BCUT2D eigenvalue weighted by Gasteiger charge is -2.38. The first kappa shape index (κ1) is 13.1. The second-order valence-electron chi connectivity index (χ2n) is 5.23. The third-order valence-electron chi connectivity index (χ3n) is 3.85. The molecule has 1 aromatic rings. The van der Waals surface area contributed by atoms with Gasteiger partial charge in [-0.1, -0.05) is 29.8 Å². The first-order chi connectivity index (χ1) is 9.45. The highest BCUT2D eigenvalue weighted by Crippen LogP contribution is 2.40. The van der Waals surface area contributed by atoms with Gasteiger partial charge >= 0.3 is 6.03 Å². The van der Waals surface area contributed by atoms with Crippen molar-refractivity contribution in [2.45, 2.75) is 25.8 Å². The number of amides is 2. The Kier molecular flexibility index (Phi) is 2.80. The van der Waals surface area contributed by atoms with Crippen molar-refractivity contribution < 1.29 is 9.59 Å². The molecular formula is C15H13ClN2O2. The van der Waals surface area contributed by atoms with Crippen molar-refractivity contribution in [2.24, 2.45) is 4.99 Å². The van der Waals surface area contributed by atoms with Crippen LogP contribution in [0.25, 0.3) is 0 Å². The van der Waals surface area contributed by atoms with Crippen LogP contribution in [0.3, 0.4) is 0 Å². The molecular weight excluding hydrogens is 276 g/mol. The Morgan fingerprint density at radius 2 is 1.90 bits per heavy atom. The molecule has 1 heterocycles. The van der Waals surface area contributed by atoms with Crippen LogP contribution in [0.1, 0.15) is 20.3 Å². The average molecular weight is 289 g/mol. The minimum atomic E-state index is -0.752. The SMILES string of the molecule is CC1=C(Cl)C(=O)CC2(C)C1=NC(=O)N2c1ccccc1. The van der Waals surface area contributed by atoms with Crippen LogP contribution in [0.4, 0.5) is 10.5 Å². The third-order valence-corrected chi connectivity index (χ3v) is 4.35. The van der Waals surface area contributed by atoms with Gasteiger partial charge in [-0.25, -0.2) is 4.79 Å². The number of nitrogens with zero attached hydrogens (tertiary/aromatic N) is 2. The van der Waals surface area contributed by atoms with E-state index in [-0.39, 0.29) is 23.3 Å². The number of hydrogen-bond donors (Lipinski definition) is 0. The van der Waals surface area contributed by atoms with Gasteiger partial charge in [0.2, 0.25) is 0 Å². The second-order valence-corrected chi connectivity index (χ2v) is 5.60. The zero-order chi connectivity index (χ0) is 14.5. The highest BCUT2D eigenvalue weighted by molar-refractivity contribution is 6.47. The zero-order valence-electron chi connectivity index (χ0n) is 11.2. The zero-order valence-corrected chi connectivity index (χ0v) is 11.9. The molecule has 3 rings (SSSR count). The second kappa shape index (κ2) is 4.28. The Hall–Kier alpha value is -1.94. The number of rotatable bonds is 1. The largest absolute Gasteiger partial charge is 0.349 e. The standard InChI is InChI=1S/C15H13ClN2O2/c1-9-12(16)11(19)8-15(2)13(9)17-14(20)18(15)10-6-4-3-5-7-10/h3-7H,8H2,1-2H3. The Bertz CT molecular complexity index is 678. The lowest BCUT2D eigenvalue weighted by atomic mass is 9.80. The molecule has 1 aliphatic heterocycles. The van der Waals surface area contributed by atoms with E-state index in [1.807, 2.05) is 37.3 Å². The van der Waals surface area contributed by atoms with Crippen LogP contribution in [0.15, 0.2) is 45.9 Å². The number of fused-ring (bicyclic) bond motifs is 1. The molecule has 2 aliphatic rings. The number of benzene rings is 1. The molecule has 0 N–H and O–H groups in total. The van der Waals surface area contributed by atoms with E-state index < -0.39 is 5.54 Å². The molecule has 5 heteroatoms. The van der Waals surface area contributed by atoms with Gasteiger partial charge in [0.1, 0.15) is 0 Å². The predicted molar refractivity (Wildman–Crippen MR) is 78.3 cm³/mol. The summed E-state index contributed by atoms with van der Waals surface area (Å²) in [5.74, 6) is -0.152. The van der Waals surface area contributed by atoms with E-state index in [4.69, 9.17) is 11.6 Å². The lowest BCUT2D eigenvalue weighted by molar-refractivity contribution is -0.115. The quantitative estimate of drug-likeness (QED) is 0.796. The number of Topliss-reactive ketones (excluding diaryl/α,β-unsaturated/α-hetero) is 1. The number of aliphatic imine (C=N–C) groups is 1. The van der Waals surface area contributed by atoms with Crippen molar-refractivity contribution in [3.63, 3.8) is 0 Å². The van der Waals surface area contributed by atoms with Gasteiger partial charge in [0.15, 0.2) is 5.78 Å². The molecule has 20 heavy (non-hydrogen) atoms. The normalized spacial score (nSPS) is 25.9. The maximum Gasteiger partial charge on any atom is 0.349 e. The maximum atomic E-state index is 12.3. The van der Waals surface area contributed by atoms with E-state index in [1.165, 1.54) is 0 Å². The summed E-state index contributed by atoms with van der Waals surface area (Å²) >= 11 is 6.01. The van der Waals surface area contributed by atoms with Crippen LogP contribution >= 0.6 is 11.6 Å². The van der Waals surface area contributed by atoms with Gasteiger partial charge in [-0.2, -0.15) is 4.99 Å². The van der Waals surface area contributed by atoms with Crippen LogP contribution < -0.4 is 4.90 Å². The van der Waals surface area contributed by atoms with Crippen LogP contribution in [0.5, 0.6) is 0 Å². The molecule has 0 saturated heterocycles. The van der Waals surface area contributed by atoms with Gasteiger partial charge in [0.05, 0.1) is 16.3 Å². The molecule has 102 valence electrons. The van der Waals surface area contributed by atoms with Crippen LogP contribution in [0, 0.1) is 0 Å². The topological polar surface area (TPSA) is 49.7 Å². The molecule has 0 spiro atoms. The van der Waals surface area contributed by atoms with E-state index in [0.717, 1.165) is 5.69 Å². The highest BCUT2D eigenvalue weighted by Gasteiger charge is 2.51. The summed E-state index contributed by atoms with van der Waals surface area (Å²) in [4.78, 5) is 30.0. The summed E-state index contributed by atoms with van der Waals surface area (Å²) in [7, 11) is 0. The highest BCUT2D eigenvalue weighted by atomic mass is 35.5. The molecule has 1 unspecified atom stereocenters.